The molecule has 266 valence electrons. The number of fused-ring (bicyclic) bond motifs is 1. The Morgan fingerprint density at radius 2 is 1.66 bits per heavy atom. The van der Waals surface area contributed by atoms with Crippen LogP contribution < -0.4 is 30.7 Å². The number of nitrogen functional groups attached to an aromatic ring is 1. The average Bonchev–Trinajstić information content (AvgIpc) is 3.64. The maximum absolute atomic E-state index is 12.5. The molecule has 5 rings (SSSR count). The molecule has 0 spiro atoms. The molecule has 2 aliphatic rings. The van der Waals surface area contributed by atoms with E-state index in [1.807, 2.05) is 0 Å². The summed E-state index contributed by atoms with van der Waals surface area (Å²) < 4.78 is 67.2. The van der Waals surface area contributed by atoms with Crippen LogP contribution >= 0.6 is 23.5 Å². The first-order valence-electron chi connectivity index (χ1n) is 13.3. The van der Waals surface area contributed by atoms with Crippen LogP contribution in [0.1, 0.15) is 22.8 Å². The molecule has 5 heterocycles. The van der Waals surface area contributed by atoms with Crippen molar-refractivity contribution in [2.75, 3.05) is 18.9 Å². The molecule has 0 saturated carbocycles. The van der Waals surface area contributed by atoms with Gasteiger partial charge in [0.1, 0.15) is 47.9 Å². The van der Waals surface area contributed by atoms with Crippen molar-refractivity contribution in [3.8, 4) is 0 Å². The molecule has 2 aliphatic heterocycles. The van der Waals surface area contributed by atoms with E-state index in [0.717, 1.165) is 17.2 Å². The Balaban J connectivity index is 0.00000338. The molecule has 3 aromatic rings. The molecule has 24 nitrogen and oxygen atoms in total. The maximum atomic E-state index is 12.5. The fourth-order valence-electron chi connectivity index (χ4n) is 4.81. The minimum Gasteiger partial charge on any atom is -0.790 e. The molecule has 10 atom stereocenters. The van der Waals surface area contributed by atoms with Gasteiger partial charge < -0.3 is 69.4 Å². The van der Waals surface area contributed by atoms with Crippen molar-refractivity contribution in [1.29, 1.82) is 0 Å². The van der Waals surface area contributed by atoms with Crippen molar-refractivity contribution < 1.29 is 85.3 Å². The summed E-state index contributed by atoms with van der Waals surface area (Å²) in [6, 6.07) is 2.76. The zero-order chi connectivity index (χ0) is 35.2. The molecular formula is C21H26N7Na2O17P3-2. The normalized spacial score (nSPS) is 29.1. The summed E-state index contributed by atoms with van der Waals surface area (Å²) in [7, 11) is -17.1. The number of phosphoric acid groups is 3. The molecule has 2 fully saturated rings. The topological polar surface area (TPSA) is 373 Å². The second-order valence-electron chi connectivity index (χ2n) is 10.2. The van der Waals surface area contributed by atoms with Gasteiger partial charge >= 0.3 is 7.82 Å². The van der Waals surface area contributed by atoms with E-state index in [2.05, 4.69) is 32.8 Å². The Bertz CT molecular complexity index is 1820. The van der Waals surface area contributed by atoms with Gasteiger partial charge in [0.05, 0.1) is 27.4 Å². The van der Waals surface area contributed by atoms with Gasteiger partial charge in [-0.1, -0.05) is 0 Å². The van der Waals surface area contributed by atoms with Crippen LogP contribution in [0.5, 0.6) is 0 Å². The summed E-state index contributed by atoms with van der Waals surface area (Å²) in [6.45, 7) is -2.18. The number of amides is 1. The number of hydrogen-bond acceptors (Lipinski definition) is 20. The third kappa shape index (κ3) is 10.2. The van der Waals surface area contributed by atoms with E-state index in [-0.39, 0.29) is 81.7 Å². The van der Waals surface area contributed by atoms with Gasteiger partial charge in [-0.15, -0.1) is 0 Å². The standard InChI is InChI=1S/C21H28N7O17P3.2Na/c22-17-12-19(25-7-24-17)28(8-26-12)21-16(44-46(33,34)35)14(30)11(43-21)6-41-48(38,39)45-47(36,37)40-5-10-13(29)15(31)20(42-10)27-3-1-2-9(4-27)18(23)32;;/h1-4,7-8,10-11,13-16,20-21,29-31H,5-6H2,(H7-,22,23,24,25,32,33,34,35,36,37,38,39);;/p-2/t10-,11-,13-,14-,15-,16-,20-,21-;;/m1../s1. The molecule has 2 saturated heterocycles. The second-order valence-corrected chi connectivity index (χ2v) is 14.3. The first kappa shape index (κ1) is 43.5. The second kappa shape index (κ2) is 17.1. The van der Waals surface area contributed by atoms with Gasteiger partial charge in [-0.25, -0.2) is 23.8 Å². The molecule has 50 heavy (non-hydrogen) atoms. The molecule has 3 aromatic heterocycles. The molecule has 0 aromatic carbocycles. The largest absolute Gasteiger partial charge is 0.790 e. The molecule has 8 N–H and O–H groups in total. The summed E-state index contributed by atoms with van der Waals surface area (Å²) >= 11 is 0. The van der Waals surface area contributed by atoms with E-state index in [1.54, 1.807) is 0 Å². The van der Waals surface area contributed by atoms with Crippen molar-refractivity contribution in [2.24, 2.45) is 5.73 Å². The number of imidazole rings is 1. The summed E-state index contributed by atoms with van der Waals surface area (Å²) in [5.74, 6) is -0.892. The van der Waals surface area contributed by atoms with Gasteiger partial charge in [-0.2, -0.15) is 4.57 Å². The number of carbonyl (C=O) groups excluding carboxylic acids is 1. The van der Waals surface area contributed by atoms with Crippen molar-refractivity contribution in [2.45, 2.75) is 49.1 Å². The minimum absolute atomic E-state index is 0. The summed E-state index contributed by atoms with van der Waals surface area (Å²) in [4.78, 5) is 68.3. The van der Waals surface area contributed by atoms with Gasteiger partial charge in [0, 0.05) is 65.2 Å². The number of rotatable bonds is 13. The molecule has 2 unspecified atom stereocenters. The molecule has 2 radical (unpaired) electrons. The Morgan fingerprint density at radius 3 is 2.32 bits per heavy atom. The zero-order valence-corrected chi connectivity index (χ0v) is 32.5. The third-order valence-corrected chi connectivity index (χ3v) is 10.0. The fraction of sp³-hybridized carbons (Fsp3) is 0.476. The number of aromatic nitrogens is 5. The van der Waals surface area contributed by atoms with E-state index in [1.165, 1.54) is 29.1 Å². The first-order valence-corrected chi connectivity index (χ1v) is 17.7. The first-order chi connectivity index (χ1) is 22.4. The molecule has 29 heteroatoms. The van der Waals surface area contributed by atoms with E-state index in [4.69, 9.17) is 20.9 Å². The van der Waals surface area contributed by atoms with Crippen LogP contribution in [-0.4, -0.2) is 155 Å². The van der Waals surface area contributed by atoms with Crippen molar-refractivity contribution in [3.05, 3.63) is 42.7 Å². The van der Waals surface area contributed by atoms with Crippen molar-refractivity contribution in [3.63, 3.8) is 0 Å². The van der Waals surface area contributed by atoms with Gasteiger partial charge in [-0.3, -0.25) is 18.5 Å². The Labute approximate surface area is 324 Å². The molecule has 0 aliphatic carbocycles. The monoisotopic (exact) mass is 787 g/mol. The van der Waals surface area contributed by atoms with Crippen molar-refractivity contribution >= 4 is 105 Å². The summed E-state index contributed by atoms with van der Waals surface area (Å²) in [5.41, 5.74) is 11.0. The number of phosphoric ester groups is 3. The number of hydrogen-bond donors (Lipinski definition) is 6. The number of pyridine rings is 1. The summed E-state index contributed by atoms with van der Waals surface area (Å²) in [5, 5.41) is 31.4. The number of aliphatic hydroxyl groups is 3. The Hall–Kier alpha value is -0.860. The number of anilines is 1. The van der Waals surface area contributed by atoms with Crippen LogP contribution in [0.3, 0.4) is 0 Å². The van der Waals surface area contributed by atoms with E-state index in [0.29, 0.717) is 0 Å². The molecule has 1 amide bonds. The van der Waals surface area contributed by atoms with Gasteiger partial charge in [0.15, 0.2) is 36.2 Å². The van der Waals surface area contributed by atoms with Crippen LogP contribution in [-0.2, 0) is 41.1 Å². The quantitative estimate of drug-likeness (QED) is 0.0534. The number of nitrogens with two attached hydrogens (primary N) is 2. The summed E-state index contributed by atoms with van der Waals surface area (Å²) in [6.07, 6.45) is -9.05. The van der Waals surface area contributed by atoms with E-state index in [9.17, 15) is 53.4 Å². The molecule has 0 bridgehead atoms. The number of ether oxygens (including phenoxy) is 2. The van der Waals surface area contributed by atoms with Crippen LogP contribution in [0.4, 0.5) is 5.82 Å². The van der Waals surface area contributed by atoms with Gasteiger partial charge in [-0.05, 0) is 6.07 Å². The number of carbonyl (C=O) groups is 1. The van der Waals surface area contributed by atoms with Crippen LogP contribution in [0.2, 0.25) is 0 Å². The van der Waals surface area contributed by atoms with Gasteiger partial charge in [0.25, 0.3) is 20.0 Å². The fourth-order valence-corrected chi connectivity index (χ4v) is 7.39. The molecular weight excluding hydrogens is 761 g/mol. The Morgan fingerprint density at radius 1 is 1.00 bits per heavy atom. The van der Waals surface area contributed by atoms with E-state index < -0.39 is 91.7 Å². The van der Waals surface area contributed by atoms with Crippen LogP contribution in [0.25, 0.3) is 11.2 Å². The zero-order valence-electron chi connectivity index (χ0n) is 25.8. The number of primary amides is 1. The van der Waals surface area contributed by atoms with Crippen molar-refractivity contribution in [1.82, 2.24) is 19.5 Å². The minimum atomic E-state index is -5.78. The van der Waals surface area contributed by atoms with Crippen LogP contribution in [0.15, 0.2) is 37.2 Å². The average molecular weight is 787 g/mol. The third-order valence-electron chi connectivity index (χ3n) is 6.96. The van der Waals surface area contributed by atoms with Crippen LogP contribution in [0, 0.1) is 0 Å². The predicted octanol–water partition coefficient (Wildman–Crippen LogP) is -5.56. The SMILES string of the molecule is NC(=O)c1ccc[n+]([C@@H]2O[C@H](COP(=O)([O-])OP(=O)(O)OC[C@H]3O[C@@H](n4cnc5c(N)ncnc54)[C@H](OP(=O)([O-])[O-])[C@@H]3O)[C@@H](O)[C@H]2O)c1.[Na].[Na]. The smallest absolute Gasteiger partial charge is 0.478 e. The maximum Gasteiger partial charge on any atom is 0.478 e. The van der Waals surface area contributed by atoms with Gasteiger partial charge in [0.2, 0.25) is 0 Å². The number of aliphatic hydroxyl groups excluding tert-OH is 3. The predicted molar refractivity (Wildman–Crippen MR) is 155 cm³/mol. The number of nitrogens with zero attached hydrogens (tertiary/aromatic N) is 5. The van der Waals surface area contributed by atoms with E-state index >= 15 is 0 Å². The Kier molecular flexibility index (Phi) is 14.9.